The standard InChI is InChI=1S/C25H41N5O7S2/c31-17-14-19(38)24(34)30(15-17)9-6-22(33)27-8-11-37-13-12-36-10-7-26-21(32)5-3-1-2-4-20-23-18(16-39-20)28-25(35)29-23/h18-20,23,38H,1-16H2,(H,26,32)(H,27,33)(H2,28,29,35)/p-1. The minimum Gasteiger partial charge on any atom is -0.779 e. The Morgan fingerprint density at radius 1 is 0.949 bits per heavy atom. The summed E-state index contributed by atoms with van der Waals surface area (Å²) in [5, 5.41) is 11.3. The van der Waals surface area contributed by atoms with Crippen molar-refractivity contribution in [3.63, 3.8) is 0 Å². The van der Waals surface area contributed by atoms with Gasteiger partial charge in [0.2, 0.25) is 17.7 Å². The number of nitrogens with zero attached hydrogens (tertiary/aromatic N) is 1. The lowest BCUT2D eigenvalue weighted by Gasteiger charge is -2.34. The fraction of sp³-hybridized carbons (Fsp3) is 0.800. The molecular weight excluding hydrogens is 546 g/mol. The molecule has 3 heterocycles. The lowest BCUT2D eigenvalue weighted by molar-refractivity contribution is -0.140. The van der Waals surface area contributed by atoms with E-state index in [4.69, 9.17) is 22.1 Å². The zero-order valence-electron chi connectivity index (χ0n) is 22.2. The first kappa shape index (κ1) is 31.5. The van der Waals surface area contributed by atoms with E-state index in [1.54, 1.807) is 0 Å². The first-order chi connectivity index (χ1) is 18.8. The normalized spacial score (nSPS) is 24.3. The Morgan fingerprint density at radius 2 is 1.64 bits per heavy atom. The van der Waals surface area contributed by atoms with Crippen LogP contribution in [0.2, 0.25) is 0 Å². The van der Waals surface area contributed by atoms with Crippen LogP contribution in [0.5, 0.6) is 0 Å². The topological polar surface area (TPSA) is 155 Å². The van der Waals surface area contributed by atoms with E-state index in [9.17, 15) is 24.0 Å². The van der Waals surface area contributed by atoms with Crippen molar-refractivity contribution in [3.8, 4) is 0 Å². The average molecular weight is 587 g/mol. The fourth-order valence-electron chi connectivity index (χ4n) is 4.75. The molecule has 0 aromatic carbocycles. The maximum Gasteiger partial charge on any atom is 0.315 e. The molecule has 12 nitrogen and oxygen atoms in total. The highest BCUT2D eigenvalue weighted by Crippen LogP contribution is 2.33. The van der Waals surface area contributed by atoms with Crippen LogP contribution in [-0.2, 0) is 41.3 Å². The van der Waals surface area contributed by atoms with Gasteiger partial charge < -0.3 is 48.3 Å². The van der Waals surface area contributed by atoms with E-state index in [-0.39, 0.29) is 67.6 Å². The van der Waals surface area contributed by atoms with E-state index in [2.05, 4.69) is 21.3 Å². The van der Waals surface area contributed by atoms with E-state index in [0.717, 1.165) is 31.4 Å². The number of rotatable bonds is 18. The third-order valence-electron chi connectivity index (χ3n) is 6.82. The summed E-state index contributed by atoms with van der Waals surface area (Å²) < 4.78 is 10.9. The number of ketones is 1. The SMILES string of the molecule is O=C1CC([S-])C(=O)N(CCC(=O)NCCOCCOCCNC(=O)CCCCCC2SCC3NC(=O)NC32)C1. The van der Waals surface area contributed by atoms with Gasteiger partial charge in [0.25, 0.3) is 0 Å². The predicted octanol–water partition coefficient (Wildman–Crippen LogP) is -0.525. The summed E-state index contributed by atoms with van der Waals surface area (Å²) in [6, 6.07) is 0.436. The molecule has 0 spiro atoms. The van der Waals surface area contributed by atoms with Gasteiger partial charge in [-0.25, -0.2) is 4.79 Å². The lowest BCUT2D eigenvalue weighted by Crippen LogP contribution is -2.48. The smallest absolute Gasteiger partial charge is 0.315 e. The third kappa shape index (κ3) is 11.2. The summed E-state index contributed by atoms with van der Waals surface area (Å²) in [4.78, 5) is 60.2. The number of carbonyl (C=O) groups is 5. The summed E-state index contributed by atoms with van der Waals surface area (Å²) in [6.45, 7) is 2.46. The quantitative estimate of drug-likeness (QED) is 0.0943. The number of urea groups is 1. The molecule has 3 aliphatic heterocycles. The molecule has 0 radical (unpaired) electrons. The molecule has 14 heteroatoms. The molecule has 3 saturated heterocycles. The number of unbranched alkanes of at least 4 members (excludes halogenated alkanes) is 2. The molecule has 3 aliphatic rings. The van der Waals surface area contributed by atoms with Crippen LogP contribution in [0.4, 0.5) is 4.79 Å². The number of nitrogens with one attached hydrogen (secondary N) is 4. The molecule has 0 saturated carbocycles. The second-order valence-corrected chi connectivity index (χ2v) is 11.7. The highest BCUT2D eigenvalue weighted by atomic mass is 32.2. The van der Waals surface area contributed by atoms with Crippen LogP contribution in [0.1, 0.15) is 44.9 Å². The number of fused-ring (bicyclic) bond motifs is 1. The van der Waals surface area contributed by atoms with Crippen molar-refractivity contribution >= 4 is 53.9 Å². The predicted molar refractivity (Wildman–Crippen MR) is 148 cm³/mol. The molecule has 4 N–H and O–H groups in total. The zero-order chi connectivity index (χ0) is 28.0. The number of Topliss-reactive ketones (excluding diaryl/α,β-unsaturated/α-hetero) is 1. The average Bonchev–Trinajstić information content (AvgIpc) is 3.45. The van der Waals surface area contributed by atoms with E-state index in [0.29, 0.717) is 51.2 Å². The van der Waals surface area contributed by atoms with Gasteiger partial charge in [0.15, 0.2) is 5.78 Å². The Balaban J connectivity index is 1.06. The molecule has 0 aromatic rings. The summed E-state index contributed by atoms with van der Waals surface area (Å²) in [7, 11) is 0. The van der Waals surface area contributed by atoms with Crippen molar-refractivity contribution in [2.24, 2.45) is 0 Å². The monoisotopic (exact) mass is 586 g/mol. The third-order valence-corrected chi connectivity index (χ3v) is 8.69. The lowest BCUT2D eigenvalue weighted by atomic mass is 10.0. The number of hydrogen-bond donors (Lipinski definition) is 4. The maximum atomic E-state index is 12.0. The van der Waals surface area contributed by atoms with Crippen LogP contribution in [0.15, 0.2) is 0 Å². The Kier molecular flexibility index (Phi) is 13.7. The molecule has 3 fully saturated rings. The highest BCUT2D eigenvalue weighted by Gasteiger charge is 2.42. The van der Waals surface area contributed by atoms with Crippen LogP contribution in [-0.4, -0.2) is 115 Å². The minimum atomic E-state index is -0.728. The molecule has 0 bridgehead atoms. The van der Waals surface area contributed by atoms with Gasteiger partial charge in [-0.05, 0) is 19.3 Å². The van der Waals surface area contributed by atoms with Crippen molar-refractivity contribution in [1.82, 2.24) is 26.2 Å². The molecule has 220 valence electrons. The fourth-order valence-corrected chi connectivity index (χ4v) is 6.63. The zero-order valence-corrected chi connectivity index (χ0v) is 23.9. The van der Waals surface area contributed by atoms with Gasteiger partial charge in [0.05, 0.1) is 45.1 Å². The molecule has 0 aliphatic carbocycles. The number of amides is 5. The molecule has 5 amide bonds. The van der Waals surface area contributed by atoms with Crippen LogP contribution >= 0.6 is 11.8 Å². The summed E-state index contributed by atoms with van der Waals surface area (Å²) in [5.74, 6) is 0.430. The van der Waals surface area contributed by atoms with Crippen molar-refractivity contribution < 1.29 is 33.4 Å². The van der Waals surface area contributed by atoms with Gasteiger partial charge in [0.1, 0.15) is 0 Å². The second-order valence-electron chi connectivity index (χ2n) is 9.89. The molecular formula is C25H40N5O7S2-. The van der Waals surface area contributed by atoms with E-state index in [1.165, 1.54) is 4.90 Å². The number of ether oxygens (including phenoxy) is 2. The first-order valence-electron chi connectivity index (χ1n) is 13.7. The Hall–Kier alpha value is -2.03. The minimum absolute atomic E-state index is 0.0216. The Labute approximate surface area is 239 Å². The van der Waals surface area contributed by atoms with Crippen molar-refractivity contribution in [2.45, 2.75) is 67.5 Å². The van der Waals surface area contributed by atoms with Gasteiger partial charge in [-0.2, -0.15) is 11.8 Å². The van der Waals surface area contributed by atoms with Crippen molar-refractivity contribution in [3.05, 3.63) is 0 Å². The van der Waals surface area contributed by atoms with Crippen LogP contribution in [0.25, 0.3) is 0 Å². The van der Waals surface area contributed by atoms with Gasteiger partial charge >= 0.3 is 6.03 Å². The summed E-state index contributed by atoms with van der Waals surface area (Å²) in [6.07, 6.45) is 4.64. The number of carbonyl (C=O) groups excluding carboxylic acids is 5. The molecule has 0 aromatic heterocycles. The van der Waals surface area contributed by atoms with Crippen LogP contribution in [0, 0.1) is 0 Å². The van der Waals surface area contributed by atoms with Crippen molar-refractivity contribution in [1.29, 1.82) is 0 Å². The molecule has 3 rings (SSSR count). The van der Waals surface area contributed by atoms with E-state index in [1.807, 2.05) is 11.8 Å². The number of hydrogen-bond acceptors (Lipinski definition) is 9. The van der Waals surface area contributed by atoms with Gasteiger partial charge in [-0.3, -0.25) is 19.2 Å². The summed E-state index contributed by atoms with van der Waals surface area (Å²) >= 11 is 6.90. The van der Waals surface area contributed by atoms with Crippen LogP contribution < -0.4 is 21.3 Å². The van der Waals surface area contributed by atoms with Gasteiger partial charge in [-0.1, -0.05) is 18.1 Å². The highest BCUT2D eigenvalue weighted by molar-refractivity contribution is 8.00. The van der Waals surface area contributed by atoms with Gasteiger partial charge in [-0.15, -0.1) is 0 Å². The molecule has 4 atom stereocenters. The Bertz CT molecular complexity index is 865. The van der Waals surface area contributed by atoms with Crippen LogP contribution in [0.3, 0.4) is 0 Å². The molecule has 4 unspecified atom stereocenters. The Morgan fingerprint density at radius 3 is 2.36 bits per heavy atom. The maximum absolute atomic E-state index is 12.0. The second kappa shape index (κ2) is 16.9. The number of piperidine rings is 1. The van der Waals surface area contributed by atoms with E-state index < -0.39 is 5.25 Å². The summed E-state index contributed by atoms with van der Waals surface area (Å²) in [5.41, 5.74) is 0. The number of likely N-dealkylation sites (tertiary alicyclic amines) is 1. The number of thioether (sulfide) groups is 1. The first-order valence-corrected chi connectivity index (χ1v) is 15.2. The van der Waals surface area contributed by atoms with Crippen molar-refractivity contribution in [2.75, 3.05) is 58.4 Å². The molecule has 39 heavy (non-hydrogen) atoms. The van der Waals surface area contributed by atoms with E-state index >= 15 is 0 Å². The van der Waals surface area contributed by atoms with Gasteiger partial charge in [0, 0.05) is 43.5 Å². The largest absolute Gasteiger partial charge is 0.779 e.